The molecular formula is C8H12N6. The van der Waals surface area contributed by atoms with Crippen molar-refractivity contribution in [3.63, 3.8) is 0 Å². The fourth-order valence-electron chi connectivity index (χ4n) is 1.21. The lowest BCUT2D eigenvalue weighted by Crippen LogP contribution is -2.08. The lowest BCUT2D eigenvalue weighted by molar-refractivity contribution is 0.601. The van der Waals surface area contributed by atoms with Crippen molar-refractivity contribution in [2.45, 2.75) is 13.1 Å². The molecule has 2 rings (SSSR count). The summed E-state index contributed by atoms with van der Waals surface area (Å²) in [5.41, 5.74) is 6.34. The number of aromatic nitrogens is 5. The molecule has 0 aliphatic carbocycles. The van der Waals surface area contributed by atoms with Crippen molar-refractivity contribution in [3.05, 3.63) is 30.1 Å². The first-order valence-corrected chi connectivity index (χ1v) is 4.35. The molecule has 2 aromatic rings. The maximum Gasteiger partial charge on any atom is 0.148 e. The molecule has 0 aliphatic rings. The molecule has 74 valence electrons. The quantitative estimate of drug-likeness (QED) is 0.712. The second-order valence-corrected chi connectivity index (χ2v) is 3.01. The normalized spacial score (nSPS) is 10.7. The molecule has 6 nitrogen and oxygen atoms in total. The lowest BCUT2D eigenvalue weighted by Gasteiger charge is -1.99. The van der Waals surface area contributed by atoms with E-state index in [1.165, 1.54) is 6.33 Å². The zero-order chi connectivity index (χ0) is 9.97. The number of hydrogen-bond donors (Lipinski definition) is 1. The third kappa shape index (κ3) is 1.64. The number of aryl methyl sites for hydroxylation is 1. The van der Waals surface area contributed by atoms with Crippen molar-refractivity contribution in [3.8, 4) is 0 Å². The van der Waals surface area contributed by atoms with Gasteiger partial charge in [0.2, 0.25) is 0 Å². The molecule has 0 amide bonds. The Morgan fingerprint density at radius 2 is 2.36 bits per heavy atom. The molecule has 0 saturated heterocycles. The van der Waals surface area contributed by atoms with Crippen LogP contribution in [0.3, 0.4) is 0 Å². The molecule has 0 unspecified atom stereocenters. The Bertz CT molecular complexity index is 415. The van der Waals surface area contributed by atoms with Gasteiger partial charge in [-0.2, -0.15) is 10.2 Å². The summed E-state index contributed by atoms with van der Waals surface area (Å²) < 4.78 is 3.52. The van der Waals surface area contributed by atoms with Crippen LogP contribution in [-0.2, 0) is 20.1 Å². The zero-order valence-corrected chi connectivity index (χ0v) is 7.96. The highest BCUT2D eigenvalue weighted by Gasteiger charge is 2.02. The van der Waals surface area contributed by atoms with Gasteiger partial charge in [-0.15, -0.1) is 0 Å². The Hall–Kier alpha value is -1.69. The monoisotopic (exact) mass is 192 g/mol. The van der Waals surface area contributed by atoms with Crippen molar-refractivity contribution in [2.24, 2.45) is 12.8 Å². The van der Waals surface area contributed by atoms with E-state index in [9.17, 15) is 0 Å². The van der Waals surface area contributed by atoms with Crippen LogP contribution in [0.4, 0.5) is 0 Å². The molecule has 0 atom stereocenters. The van der Waals surface area contributed by atoms with Crippen LogP contribution in [-0.4, -0.2) is 24.5 Å². The summed E-state index contributed by atoms with van der Waals surface area (Å²) in [4.78, 5) is 4.11. The number of hydrogen-bond acceptors (Lipinski definition) is 4. The van der Waals surface area contributed by atoms with Crippen molar-refractivity contribution in [2.75, 3.05) is 0 Å². The second-order valence-electron chi connectivity index (χ2n) is 3.01. The van der Waals surface area contributed by atoms with E-state index in [0.29, 0.717) is 13.1 Å². The highest BCUT2D eigenvalue weighted by Crippen LogP contribution is 1.98. The Morgan fingerprint density at radius 3 is 2.93 bits per heavy atom. The Balaban J connectivity index is 2.15. The highest BCUT2D eigenvalue weighted by atomic mass is 15.4. The Morgan fingerprint density at radius 1 is 1.50 bits per heavy atom. The first-order valence-electron chi connectivity index (χ1n) is 4.35. The number of rotatable bonds is 3. The third-order valence-electron chi connectivity index (χ3n) is 2.01. The van der Waals surface area contributed by atoms with E-state index in [1.807, 2.05) is 19.3 Å². The summed E-state index contributed by atoms with van der Waals surface area (Å²) in [6, 6.07) is 1.90. The molecule has 0 saturated carbocycles. The molecule has 2 heterocycles. The van der Waals surface area contributed by atoms with Crippen LogP contribution in [0, 0.1) is 0 Å². The maximum absolute atomic E-state index is 5.46. The highest BCUT2D eigenvalue weighted by molar-refractivity contribution is 4.99. The van der Waals surface area contributed by atoms with E-state index in [1.54, 1.807) is 9.36 Å². The minimum atomic E-state index is 0.464. The standard InChI is InChI=1S/C8H12N6/c1-13-8(10-6-11-13)5-14-3-2-7(4-9)12-14/h2-3,6H,4-5,9H2,1H3. The minimum Gasteiger partial charge on any atom is -0.325 e. The SMILES string of the molecule is Cn1ncnc1Cn1ccc(CN)n1. The third-order valence-corrected chi connectivity index (χ3v) is 2.01. The fourth-order valence-corrected chi connectivity index (χ4v) is 1.21. The summed E-state index contributed by atoms with van der Waals surface area (Å²) >= 11 is 0. The van der Waals surface area contributed by atoms with Crippen LogP contribution < -0.4 is 5.73 Å². The van der Waals surface area contributed by atoms with Gasteiger partial charge < -0.3 is 5.73 Å². The summed E-state index contributed by atoms with van der Waals surface area (Å²) in [7, 11) is 1.86. The molecule has 0 bridgehead atoms. The Kier molecular flexibility index (Phi) is 2.28. The fraction of sp³-hybridized carbons (Fsp3) is 0.375. The first-order chi connectivity index (χ1) is 6.79. The summed E-state index contributed by atoms with van der Waals surface area (Å²) in [6.45, 7) is 1.09. The maximum atomic E-state index is 5.46. The van der Waals surface area contributed by atoms with Gasteiger partial charge in [-0.25, -0.2) is 4.98 Å². The number of nitrogens with two attached hydrogens (primary N) is 1. The molecule has 14 heavy (non-hydrogen) atoms. The summed E-state index contributed by atoms with van der Waals surface area (Å²) in [6.07, 6.45) is 3.42. The molecule has 0 aromatic carbocycles. The van der Waals surface area contributed by atoms with Crippen LogP contribution >= 0.6 is 0 Å². The molecule has 6 heteroatoms. The average molecular weight is 192 g/mol. The largest absolute Gasteiger partial charge is 0.325 e. The summed E-state index contributed by atoms with van der Waals surface area (Å²) in [5.74, 6) is 0.872. The van der Waals surface area contributed by atoms with E-state index < -0.39 is 0 Å². The van der Waals surface area contributed by atoms with Crippen molar-refractivity contribution < 1.29 is 0 Å². The van der Waals surface area contributed by atoms with Crippen LogP contribution in [0.5, 0.6) is 0 Å². The van der Waals surface area contributed by atoms with Gasteiger partial charge in [-0.3, -0.25) is 9.36 Å². The topological polar surface area (TPSA) is 74.5 Å². The molecule has 0 spiro atoms. The van der Waals surface area contributed by atoms with Gasteiger partial charge in [0.05, 0.1) is 5.69 Å². The van der Waals surface area contributed by atoms with Gasteiger partial charge in [-0.05, 0) is 6.07 Å². The van der Waals surface area contributed by atoms with Crippen LogP contribution in [0.2, 0.25) is 0 Å². The smallest absolute Gasteiger partial charge is 0.148 e. The van der Waals surface area contributed by atoms with Gasteiger partial charge in [0.15, 0.2) is 0 Å². The van der Waals surface area contributed by atoms with Gasteiger partial charge in [0.25, 0.3) is 0 Å². The molecule has 0 aliphatic heterocycles. The predicted octanol–water partition coefficient (Wildman–Crippen LogP) is -0.481. The van der Waals surface area contributed by atoms with Crippen molar-refractivity contribution in [1.29, 1.82) is 0 Å². The van der Waals surface area contributed by atoms with Crippen LogP contribution in [0.25, 0.3) is 0 Å². The van der Waals surface area contributed by atoms with E-state index in [-0.39, 0.29) is 0 Å². The van der Waals surface area contributed by atoms with E-state index in [0.717, 1.165) is 11.5 Å². The van der Waals surface area contributed by atoms with Gasteiger partial charge >= 0.3 is 0 Å². The van der Waals surface area contributed by atoms with Crippen molar-refractivity contribution in [1.82, 2.24) is 24.5 Å². The lowest BCUT2D eigenvalue weighted by atomic mass is 10.4. The van der Waals surface area contributed by atoms with E-state index >= 15 is 0 Å². The minimum absolute atomic E-state index is 0.464. The Labute approximate surface area is 81.4 Å². The molecule has 2 aromatic heterocycles. The predicted molar refractivity (Wildman–Crippen MR) is 50.2 cm³/mol. The summed E-state index contributed by atoms with van der Waals surface area (Å²) in [5, 5.41) is 8.23. The van der Waals surface area contributed by atoms with Gasteiger partial charge in [0, 0.05) is 19.8 Å². The van der Waals surface area contributed by atoms with Crippen molar-refractivity contribution >= 4 is 0 Å². The molecule has 2 N–H and O–H groups in total. The molecule has 0 fully saturated rings. The van der Waals surface area contributed by atoms with Gasteiger partial charge in [0.1, 0.15) is 18.7 Å². The first kappa shape index (κ1) is 8.89. The molecular weight excluding hydrogens is 180 g/mol. The molecule has 0 radical (unpaired) electrons. The van der Waals surface area contributed by atoms with Crippen LogP contribution in [0.1, 0.15) is 11.5 Å². The number of nitrogens with zero attached hydrogens (tertiary/aromatic N) is 5. The van der Waals surface area contributed by atoms with E-state index in [2.05, 4.69) is 15.2 Å². The van der Waals surface area contributed by atoms with E-state index in [4.69, 9.17) is 5.73 Å². The second kappa shape index (κ2) is 3.59. The zero-order valence-electron chi connectivity index (χ0n) is 7.96. The van der Waals surface area contributed by atoms with Crippen LogP contribution in [0.15, 0.2) is 18.6 Å². The average Bonchev–Trinajstić information content (AvgIpc) is 2.77. The van der Waals surface area contributed by atoms with Gasteiger partial charge in [-0.1, -0.05) is 0 Å².